The van der Waals surface area contributed by atoms with Crippen molar-refractivity contribution in [2.75, 3.05) is 9.80 Å². The van der Waals surface area contributed by atoms with Crippen LogP contribution < -0.4 is 9.80 Å². The molecule has 0 fully saturated rings. The predicted octanol–water partition coefficient (Wildman–Crippen LogP) is 15.6. The van der Waals surface area contributed by atoms with Crippen molar-refractivity contribution in [1.29, 1.82) is 0 Å². The van der Waals surface area contributed by atoms with Gasteiger partial charge in [-0.2, -0.15) is 0 Å². The maximum absolute atomic E-state index is 2.34. The van der Waals surface area contributed by atoms with Gasteiger partial charge in [0.25, 0.3) is 0 Å². The summed E-state index contributed by atoms with van der Waals surface area (Å²) in [7, 11) is 0. The van der Waals surface area contributed by atoms with Crippen molar-refractivity contribution in [3.05, 3.63) is 242 Å². The van der Waals surface area contributed by atoms with Crippen LogP contribution in [-0.2, 0) is 0 Å². The molecule has 0 aromatic heterocycles. The van der Waals surface area contributed by atoms with Crippen LogP contribution in [0.5, 0.6) is 0 Å². The Morgan fingerprint density at radius 3 is 0.596 bits per heavy atom. The largest absolute Gasteiger partial charge is 0.311 e. The Balaban J connectivity index is 1.09. The molecule has 0 heterocycles. The van der Waals surface area contributed by atoms with Crippen molar-refractivity contribution in [3.8, 4) is 44.5 Å². The van der Waals surface area contributed by atoms with Crippen LogP contribution in [0.2, 0.25) is 0 Å². The minimum Gasteiger partial charge on any atom is -0.311 e. The highest BCUT2D eigenvalue weighted by molar-refractivity contribution is 5.84. The Bertz CT molecular complexity index is 2570. The molecule has 2 heteroatoms. The summed E-state index contributed by atoms with van der Waals surface area (Å²) in [6.45, 7) is 2.13. The Morgan fingerprint density at radius 2 is 0.368 bits per heavy atom. The van der Waals surface area contributed by atoms with E-state index in [0.29, 0.717) is 0 Å². The van der Waals surface area contributed by atoms with Crippen LogP contribution in [0.3, 0.4) is 0 Å². The first-order valence-corrected chi connectivity index (χ1v) is 19.5. The first-order chi connectivity index (χ1) is 28.2. The lowest BCUT2D eigenvalue weighted by Crippen LogP contribution is -2.12. The molecule has 9 aromatic carbocycles. The fourth-order valence-electron chi connectivity index (χ4n) is 7.49. The third-order valence-corrected chi connectivity index (χ3v) is 10.6. The van der Waals surface area contributed by atoms with E-state index in [1.165, 1.54) is 50.1 Å². The molecular weight excluding hydrogens is 689 g/mol. The predicted molar refractivity (Wildman–Crippen MR) is 242 cm³/mol. The van der Waals surface area contributed by atoms with Crippen LogP contribution in [0.4, 0.5) is 34.1 Å². The summed E-state index contributed by atoms with van der Waals surface area (Å²) in [5.74, 6) is 0. The number of hydrogen-bond acceptors (Lipinski definition) is 2. The van der Waals surface area contributed by atoms with Crippen molar-refractivity contribution in [3.63, 3.8) is 0 Å². The summed E-state index contributed by atoms with van der Waals surface area (Å²) in [5, 5.41) is 0. The van der Waals surface area contributed by atoms with Crippen molar-refractivity contribution in [2.45, 2.75) is 6.92 Å². The van der Waals surface area contributed by atoms with Crippen LogP contribution >= 0.6 is 0 Å². The van der Waals surface area contributed by atoms with Gasteiger partial charge in [-0.15, -0.1) is 0 Å². The molecule has 0 atom stereocenters. The molecule has 9 rings (SSSR count). The van der Waals surface area contributed by atoms with E-state index >= 15 is 0 Å². The number of aryl methyl sites for hydroxylation is 1. The lowest BCUT2D eigenvalue weighted by Gasteiger charge is -2.29. The monoisotopic (exact) mass is 730 g/mol. The fraction of sp³-hybridized carbons (Fsp3) is 0.0182. The highest BCUT2D eigenvalue weighted by Gasteiger charge is 2.17. The summed E-state index contributed by atoms with van der Waals surface area (Å²) in [6.07, 6.45) is 0. The van der Waals surface area contributed by atoms with Crippen LogP contribution in [0.1, 0.15) is 5.56 Å². The quantitative estimate of drug-likeness (QED) is 0.138. The average Bonchev–Trinajstić information content (AvgIpc) is 3.29. The second-order valence-corrected chi connectivity index (χ2v) is 14.3. The zero-order valence-electron chi connectivity index (χ0n) is 31.9. The second-order valence-electron chi connectivity index (χ2n) is 14.3. The molecule has 272 valence electrons. The lowest BCUT2D eigenvalue weighted by atomic mass is 10.0. The topological polar surface area (TPSA) is 6.48 Å². The van der Waals surface area contributed by atoms with Gasteiger partial charge in [-0.1, -0.05) is 169 Å². The summed E-state index contributed by atoms with van der Waals surface area (Å²) < 4.78 is 0. The zero-order chi connectivity index (χ0) is 38.4. The summed E-state index contributed by atoms with van der Waals surface area (Å²) in [6, 6.07) is 84.8. The first-order valence-electron chi connectivity index (χ1n) is 19.5. The summed E-state index contributed by atoms with van der Waals surface area (Å²) >= 11 is 0. The molecule has 9 aromatic rings. The molecule has 0 aliphatic carbocycles. The van der Waals surface area contributed by atoms with Crippen LogP contribution in [-0.4, -0.2) is 0 Å². The highest BCUT2D eigenvalue weighted by atomic mass is 15.2. The molecule has 0 unspecified atom stereocenters. The molecule has 0 aliphatic rings. The maximum Gasteiger partial charge on any atom is 0.0463 e. The number of hydrogen-bond donors (Lipinski definition) is 0. The SMILES string of the molecule is Cc1ccc(-c2ccc(N(c3ccc(-c4ccccc4)cc3)c3ccc(N(c4ccc(-c5ccccc5)cc4)c4ccc(-c5ccccc5)cc4)cc3)cc2)cc1. The second kappa shape index (κ2) is 16.1. The highest BCUT2D eigenvalue weighted by Crippen LogP contribution is 2.41. The van der Waals surface area contributed by atoms with Gasteiger partial charge in [-0.25, -0.2) is 0 Å². The van der Waals surface area contributed by atoms with Gasteiger partial charge in [0.15, 0.2) is 0 Å². The number of benzene rings is 9. The van der Waals surface area contributed by atoms with Crippen molar-refractivity contribution in [2.24, 2.45) is 0 Å². The van der Waals surface area contributed by atoms with Crippen LogP contribution in [0.25, 0.3) is 44.5 Å². The molecule has 0 spiro atoms. The molecule has 0 N–H and O–H groups in total. The van der Waals surface area contributed by atoms with Crippen LogP contribution in [0, 0.1) is 6.92 Å². The van der Waals surface area contributed by atoms with Gasteiger partial charge in [0.05, 0.1) is 0 Å². The number of rotatable bonds is 10. The summed E-state index contributed by atoms with van der Waals surface area (Å²) in [5.41, 5.74) is 17.4. The van der Waals surface area contributed by atoms with E-state index in [1.807, 2.05) is 0 Å². The third-order valence-electron chi connectivity index (χ3n) is 10.6. The standard InChI is InChI=1S/C55H42N2/c1-41-17-19-45(20-18-41)49-27-35-53(36-28-49)57(52-33-25-48(26-34-52)44-15-9-4-10-16-44)55-39-37-54(38-40-55)56(50-29-21-46(22-30-50)42-11-5-2-6-12-42)51-31-23-47(24-32-51)43-13-7-3-8-14-43/h2-40H,1H3. The Hall–Kier alpha value is -7.42. The van der Waals surface area contributed by atoms with E-state index in [-0.39, 0.29) is 0 Å². The maximum atomic E-state index is 2.34. The van der Waals surface area contributed by atoms with Gasteiger partial charge in [0.2, 0.25) is 0 Å². The molecule has 57 heavy (non-hydrogen) atoms. The molecule has 0 aliphatic heterocycles. The summed E-state index contributed by atoms with van der Waals surface area (Å²) in [4.78, 5) is 4.67. The molecule has 0 saturated carbocycles. The van der Waals surface area contributed by atoms with E-state index in [9.17, 15) is 0 Å². The van der Waals surface area contributed by atoms with E-state index in [4.69, 9.17) is 0 Å². The van der Waals surface area contributed by atoms with E-state index < -0.39 is 0 Å². The Labute approximate surface area is 336 Å². The van der Waals surface area contributed by atoms with E-state index in [2.05, 4.69) is 253 Å². The number of anilines is 6. The minimum absolute atomic E-state index is 1.08. The van der Waals surface area contributed by atoms with Crippen LogP contribution in [0.15, 0.2) is 237 Å². The normalized spacial score (nSPS) is 10.9. The Kier molecular flexibility index (Phi) is 9.99. The van der Waals surface area contributed by atoms with Crippen molar-refractivity contribution in [1.82, 2.24) is 0 Å². The molecule has 0 radical (unpaired) electrons. The minimum atomic E-state index is 1.08. The van der Waals surface area contributed by atoms with E-state index in [1.54, 1.807) is 0 Å². The molecular formula is C55H42N2. The van der Waals surface area contributed by atoms with Gasteiger partial charge in [-0.3, -0.25) is 0 Å². The smallest absolute Gasteiger partial charge is 0.0463 e. The van der Waals surface area contributed by atoms with Gasteiger partial charge in [0.1, 0.15) is 0 Å². The van der Waals surface area contributed by atoms with Gasteiger partial charge in [0, 0.05) is 34.1 Å². The molecule has 0 saturated heterocycles. The van der Waals surface area contributed by atoms with E-state index in [0.717, 1.165) is 34.1 Å². The zero-order valence-corrected chi connectivity index (χ0v) is 31.9. The molecule has 0 bridgehead atoms. The Morgan fingerprint density at radius 1 is 0.193 bits per heavy atom. The van der Waals surface area contributed by atoms with Crippen molar-refractivity contribution >= 4 is 34.1 Å². The number of nitrogens with zero attached hydrogens (tertiary/aromatic N) is 2. The van der Waals surface area contributed by atoms with Gasteiger partial charge < -0.3 is 9.80 Å². The lowest BCUT2D eigenvalue weighted by molar-refractivity contribution is 1.26. The molecule has 2 nitrogen and oxygen atoms in total. The fourth-order valence-corrected chi connectivity index (χ4v) is 7.49. The average molecular weight is 731 g/mol. The van der Waals surface area contributed by atoms with Crippen molar-refractivity contribution < 1.29 is 0 Å². The van der Waals surface area contributed by atoms with Gasteiger partial charge in [-0.05, 0) is 124 Å². The molecule has 0 amide bonds. The third kappa shape index (κ3) is 7.76. The van der Waals surface area contributed by atoms with Gasteiger partial charge >= 0.3 is 0 Å². The first kappa shape index (κ1) is 35.3.